The van der Waals surface area contributed by atoms with Crippen LogP contribution in [0.25, 0.3) is 0 Å². The normalized spacial score (nSPS) is 50.1. The van der Waals surface area contributed by atoms with Crippen molar-refractivity contribution in [1.29, 1.82) is 0 Å². The SMILES string of the molecule is CC(C)CC[C@@H](O)[C@](C)(O)C1CC[C@@]2(O)C3=CC(=O)[C@]4(O)C[C@@H](O)[C@@H](O)C[C@]4(C)C3[C@H](O)C[C@]12C. The Balaban J connectivity index is 1.76. The van der Waals surface area contributed by atoms with Gasteiger partial charge in [0.2, 0.25) is 0 Å². The van der Waals surface area contributed by atoms with E-state index in [1.54, 1.807) is 13.8 Å². The molecule has 7 N–H and O–H groups in total. The standard InChI is InChI=1S/C27H44O8/c1-14(2)6-7-20(31)25(5,33)19-8-9-26(34)15-10-21(32)27(35)13-17(29)16(28)11-24(27,4)22(15)18(30)12-23(19,26)3/h10,14,16-20,22,28-31,33-35H,6-9,11-13H2,1-5H3/t16-,17+,18+,19?,20+,22?,23+,24+,25+,26+,27+/m0/s1. The Morgan fingerprint density at radius 3 is 2.14 bits per heavy atom. The lowest BCUT2D eigenvalue weighted by atomic mass is 9.43. The summed E-state index contributed by atoms with van der Waals surface area (Å²) in [6.45, 7) is 9.14. The van der Waals surface area contributed by atoms with Crippen LogP contribution in [-0.4, -0.2) is 82.7 Å². The van der Waals surface area contributed by atoms with E-state index in [0.29, 0.717) is 24.3 Å². The van der Waals surface area contributed by atoms with Gasteiger partial charge >= 0.3 is 0 Å². The number of ketones is 1. The molecule has 3 fully saturated rings. The molecular formula is C27H44O8. The first-order valence-electron chi connectivity index (χ1n) is 13.1. The molecule has 0 bridgehead atoms. The third-order valence-corrected chi connectivity index (χ3v) is 10.6. The molecule has 8 nitrogen and oxygen atoms in total. The maximum atomic E-state index is 13.3. The molecule has 11 atom stereocenters. The van der Waals surface area contributed by atoms with Crippen LogP contribution < -0.4 is 0 Å². The maximum Gasteiger partial charge on any atom is 0.187 e. The van der Waals surface area contributed by atoms with Crippen molar-refractivity contribution in [3.8, 4) is 0 Å². The summed E-state index contributed by atoms with van der Waals surface area (Å²) >= 11 is 0. The number of carbonyl (C=O) groups excluding carboxylic acids is 1. The van der Waals surface area contributed by atoms with E-state index in [1.807, 2.05) is 20.8 Å². The van der Waals surface area contributed by atoms with E-state index in [4.69, 9.17) is 0 Å². The molecule has 0 radical (unpaired) electrons. The lowest BCUT2D eigenvalue weighted by Gasteiger charge is -2.64. The number of aliphatic hydroxyl groups excluding tert-OH is 4. The van der Waals surface area contributed by atoms with Crippen LogP contribution in [0.3, 0.4) is 0 Å². The van der Waals surface area contributed by atoms with E-state index in [9.17, 15) is 40.5 Å². The molecule has 4 aliphatic rings. The third kappa shape index (κ3) is 3.55. The second-order valence-corrected chi connectivity index (χ2v) is 13.1. The molecule has 0 saturated heterocycles. The molecule has 0 aromatic carbocycles. The van der Waals surface area contributed by atoms with Crippen molar-refractivity contribution in [1.82, 2.24) is 0 Å². The van der Waals surface area contributed by atoms with Crippen LogP contribution in [0.15, 0.2) is 11.6 Å². The Hall–Kier alpha value is -0.870. The first-order chi connectivity index (χ1) is 16.0. The maximum absolute atomic E-state index is 13.3. The number of rotatable bonds is 5. The van der Waals surface area contributed by atoms with Crippen LogP contribution in [0.5, 0.6) is 0 Å². The Morgan fingerprint density at radius 1 is 0.971 bits per heavy atom. The molecular weight excluding hydrogens is 452 g/mol. The summed E-state index contributed by atoms with van der Waals surface area (Å²) in [7, 11) is 0. The minimum Gasteiger partial charge on any atom is -0.392 e. The molecule has 0 aromatic rings. The predicted molar refractivity (Wildman–Crippen MR) is 128 cm³/mol. The van der Waals surface area contributed by atoms with Crippen molar-refractivity contribution in [2.45, 2.75) is 121 Å². The Bertz CT molecular complexity index is 900. The van der Waals surface area contributed by atoms with Gasteiger partial charge in [-0.05, 0) is 68.9 Å². The summed E-state index contributed by atoms with van der Waals surface area (Å²) in [5.41, 5.74) is -7.02. The molecule has 35 heavy (non-hydrogen) atoms. The van der Waals surface area contributed by atoms with Crippen LogP contribution >= 0.6 is 0 Å². The van der Waals surface area contributed by atoms with Gasteiger partial charge in [0, 0.05) is 23.2 Å². The highest BCUT2D eigenvalue weighted by molar-refractivity contribution is 6.00. The van der Waals surface area contributed by atoms with E-state index >= 15 is 0 Å². The molecule has 4 aliphatic carbocycles. The summed E-state index contributed by atoms with van der Waals surface area (Å²) in [5, 5.41) is 78.4. The van der Waals surface area contributed by atoms with Gasteiger partial charge in [0.25, 0.3) is 0 Å². The zero-order valence-electron chi connectivity index (χ0n) is 21.6. The van der Waals surface area contributed by atoms with Gasteiger partial charge in [-0.3, -0.25) is 4.79 Å². The van der Waals surface area contributed by atoms with Crippen molar-refractivity contribution in [3.05, 3.63) is 11.6 Å². The summed E-state index contributed by atoms with van der Waals surface area (Å²) in [6, 6.07) is 0. The molecule has 0 heterocycles. The van der Waals surface area contributed by atoms with Gasteiger partial charge in [-0.15, -0.1) is 0 Å². The molecule has 4 rings (SSSR count). The number of hydrogen-bond donors (Lipinski definition) is 7. The van der Waals surface area contributed by atoms with Crippen molar-refractivity contribution >= 4 is 5.78 Å². The zero-order chi connectivity index (χ0) is 26.4. The van der Waals surface area contributed by atoms with E-state index < -0.39 is 69.7 Å². The average Bonchev–Trinajstić information content (AvgIpc) is 3.01. The van der Waals surface area contributed by atoms with Gasteiger partial charge in [-0.1, -0.05) is 27.7 Å². The van der Waals surface area contributed by atoms with Gasteiger partial charge in [0.15, 0.2) is 5.78 Å². The molecule has 0 aliphatic heterocycles. The van der Waals surface area contributed by atoms with Crippen LogP contribution in [0.2, 0.25) is 0 Å². The van der Waals surface area contributed by atoms with Crippen molar-refractivity contribution in [2.24, 2.45) is 28.6 Å². The summed E-state index contributed by atoms with van der Waals surface area (Å²) in [5.74, 6) is -1.63. The molecule has 2 unspecified atom stereocenters. The zero-order valence-corrected chi connectivity index (χ0v) is 21.6. The van der Waals surface area contributed by atoms with Crippen molar-refractivity contribution in [2.75, 3.05) is 0 Å². The number of fused-ring (bicyclic) bond motifs is 5. The molecule has 0 spiro atoms. The topological polar surface area (TPSA) is 159 Å². The van der Waals surface area contributed by atoms with Gasteiger partial charge in [-0.2, -0.15) is 0 Å². The second-order valence-electron chi connectivity index (χ2n) is 13.1. The first-order valence-corrected chi connectivity index (χ1v) is 13.1. The molecule has 0 amide bonds. The third-order valence-electron chi connectivity index (χ3n) is 10.6. The van der Waals surface area contributed by atoms with Crippen LogP contribution in [-0.2, 0) is 4.79 Å². The van der Waals surface area contributed by atoms with Gasteiger partial charge < -0.3 is 35.7 Å². The van der Waals surface area contributed by atoms with Crippen molar-refractivity contribution < 1.29 is 40.5 Å². The minimum absolute atomic E-state index is 0.0989. The van der Waals surface area contributed by atoms with Crippen LogP contribution in [0.4, 0.5) is 0 Å². The fraction of sp³-hybridized carbons (Fsp3) is 0.889. The van der Waals surface area contributed by atoms with Gasteiger partial charge in [0.05, 0.1) is 35.6 Å². The number of hydrogen-bond acceptors (Lipinski definition) is 8. The monoisotopic (exact) mass is 496 g/mol. The summed E-state index contributed by atoms with van der Waals surface area (Å²) < 4.78 is 0. The quantitative estimate of drug-likeness (QED) is 0.295. The Labute approximate surface area is 207 Å². The lowest BCUT2D eigenvalue weighted by molar-refractivity contribution is -0.228. The Kier molecular flexibility index (Phi) is 6.46. The van der Waals surface area contributed by atoms with Gasteiger partial charge in [-0.25, -0.2) is 0 Å². The highest BCUT2D eigenvalue weighted by Gasteiger charge is 2.73. The average molecular weight is 497 g/mol. The fourth-order valence-corrected chi connectivity index (χ4v) is 8.42. The predicted octanol–water partition coefficient (Wildman–Crippen LogP) is 0.825. The minimum atomic E-state index is -1.97. The molecule has 3 saturated carbocycles. The smallest absolute Gasteiger partial charge is 0.187 e. The Morgan fingerprint density at radius 2 is 1.54 bits per heavy atom. The summed E-state index contributed by atoms with van der Waals surface area (Å²) in [6.07, 6.45) is -1.83. The number of aliphatic hydroxyl groups is 7. The van der Waals surface area contributed by atoms with Gasteiger partial charge in [0.1, 0.15) is 5.60 Å². The van der Waals surface area contributed by atoms with Crippen LogP contribution in [0.1, 0.15) is 79.6 Å². The summed E-state index contributed by atoms with van der Waals surface area (Å²) in [4.78, 5) is 13.3. The first kappa shape index (κ1) is 27.2. The largest absolute Gasteiger partial charge is 0.392 e. The van der Waals surface area contributed by atoms with E-state index in [2.05, 4.69) is 0 Å². The van der Waals surface area contributed by atoms with E-state index in [0.717, 1.165) is 6.42 Å². The highest BCUT2D eigenvalue weighted by Crippen LogP contribution is 2.69. The van der Waals surface area contributed by atoms with E-state index in [1.165, 1.54) is 6.08 Å². The lowest BCUT2D eigenvalue weighted by Crippen LogP contribution is -2.71. The van der Waals surface area contributed by atoms with E-state index in [-0.39, 0.29) is 25.7 Å². The fourth-order valence-electron chi connectivity index (χ4n) is 8.42. The number of carbonyl (C=O) groups is 1. The second kappa shape index (κ2) is 8.32. The molecule has 0 aromatic heterocycles. The molecule has 8 heteroatoms. The van der Waals surface area contributed by atoms with Crippen molar-refractivity contribution in [3.63, 3.8) is 0 Å². The molecule has 200 valence electrons. The highest BCUT2D eigenvalue weighted by atomic mass is 16.3. The van der Waals surface area contributed by atoms with Crippen LogP contribution in [0, 0.1) is 28.6 Å².